The Labute approximate surface area is 91.1 Å². The van der Waals surface area contributed by atoms with Gasteiger partial charge >= 0.3 is 0 Å². The molecule has 0 aliphatic heterocycles. The van der Waals surface area contributed by atoms with Crippen LogP contribution in [-0.2, 0) is 4.74 Å². The summed E-state index contributed by atoms with van der Waals surface area (Å²) in [4.78, 5) is 4.35. The molecule has 0 N–H and O–H groups in total. The maximum Gasteiger partial charge on any atom is 0.0971 e. The summed E-state index contributed by atoms with van der Waals surface area (Å²) >= 11 is 0. The predicted molar refractivity (Wildman–Crippen MR) is 65.4 cm³/mol. The average molecular weight is 216 g/mol. The Morgan fingerprint density at radius 3 is 2.00 bits per heavy atom. The van der Waals surface area contributed by atoms with Crippen LogP contribution in [0.1, 0.15) is 13.3 Å². The van der Waals surface area contributed by atoms with Gasteiger partial charge in [0.1, 0.15) is 0 Å². The fraction of sp³-hybridized carbons (Fsp3) is 0.800. The number of nitrogens with zero attached hydrogens (tertiary/aromatic N) is 2. The zero-order valence-electron chi connectivity index (χ0n) is 10.4. The largest absolute Gasteiger partial charge is 0.381 e. The van der Waals surface area contributed by atoms with Crippen LogP contribution in [0.4, 0.5) is 0 Å². The molecule has 0 aliphatic rings. The summed E-state index contributed by atoms with van der Waals surface area (Å²) in [7, 11) is 9.47. The van der Waals surface area contributed by atoms with E-state index in [1.807, 2.05) is 6.92 Å². The highest BCUT2D eigenvalue weighted by atomic mass is 28.1. The molecule has 0 fully saturated rings. The molecular formula is C10H24N2OSi. The third-order valence-electron chi connectivity index (χ3n) is 2.05. The van der Waals surface area contributed by atoms with Crippen molar-refractivity contribution in [1.82, 2.24) is 9.80 Å². The summed E-state index contributed by atoms with van der Waals surface area (Å²) in [6, 6.07) is 0. The van der Waals surface area contributed by atoms with Crippen molar-refractivity contribution in [2.75, 3.05) is 41.4 Å². The minimum absolute atomic E-state index is 0.814. The molecule has 0 atom stereocenters. The second kappa shape index (κ2) is 6.90. The van der Waals surface area contributed by atoms with Crippen LogP contribution in [0.15, 0.2) is 11.0 Å². The molecule has 0 saturated carbocycles. The Balaban J connectivity index is 4.33. The fourth-order valence-electron chi connectivity index (χ4n) is 1.64. The molecule has 0 unspecified atom stereocenters. The van der Waals surface area contributed by atoms with Gasteiger partial charge in [-0.05, 0) is 13.3 Å². The van der Waals surface area contributed by atoms with Gasteiger partial charge in [-0.3, -0.25) is 0 Å². The Kier molecular flexibility index (Phi) is 6.66. The Morgan fingerprint density at radius 2 is 1.64 bits per heavy atom. The minimum Gasteiger partial charge on any atom is -0.381 e. The Morgan fingerprint density at radius 1 is 1.14 bits per heavy atom. The van der Waals surface area contributed by atoms with E-state index in [1.165, 1.54) is 11.0 Å². The number of rotatable bonds is 6. The highest BCUT2D eigenvalue weighted by Crippen LogP contribution is 2.10. The molecule has 3 nitrogen and oxygen atoms in total. The number of ether oxygens (including phenoxy) is 1. The van der Waals surface area contributed by atoms with E-state index in [0.29, 0.717) is 0 Å². The van der Waals surface area contributed by atoms with Gasteiger partial charge in [-0.1, -0.05) is 5.20 Å². The summed E-state index contributed by atoms with van der Waals surface area (Å²) in [5, 5.41) is 1.51. The number of hydrogen-bond acceptors (Lipinski definition) is 3. The predicted octanol–water partition coefficient (Wildman–Crippen LogP) is 0.0707. The molecule has 14 heavy (non-hydrogen) atoms. The molecule has 0 saturated heterocycles. The van der Waals surface area contributed by atoms with E-state index in [9.17, 15) is 0 Å². The maximum atomic E-state index is 5.36. The lowest BCUT2D eigenvalue weighted by molar-refractivity contribution is 0.151. The van der Waals surface area contributed by atoms with Crippen LogP contribution >= 0.6 is 0 Å². The summed E-state index contributed by atoms with van der Waals surface area (Å²) in [6.07, 6.45) is 1.06. The molecule has 84 valence electrons. The Bertz CT molecular complexity index is 181. The molecule has 0 amide bonds. The van der Waals surface area contributed by atoms with Gasteiger partial charge in [-0.15, -0.1) is 0 Å². The van der Waals surface area contributed by atoms with E-state index in [4.69, 9.17) is 4.74 Å². The molecule has 0 rings (SSSR count). The van der Waals surface area contributed by atoms with E-state index in [0.717, 1.165) is 29.9 Å². The smallest absolute Gasteiger partial charge is 0.0971 e. The van der Waals surface area contributed by atoms with Crippen LogP contribution in [0.2, 0.25) is 0 Å². The second-order valence-corrected chi connectivity index (χ2v) is 5.05. The third kappa shape index (κ3) is 4.67. The van der Waals surface area contributed by atoms with Crippen molar-refractivity contribution in [3.8, 4) is 0 Å². The SMILES string of the molecule is CCOCCC([SiH3])=C(N(C)C)N(C)C. The first-order chi connectivity index (χ1) is 6.50. The van der Waals surface area contributed by atoms with E-state index in [2.05, 4.69) is 38.0 Å². The third-order valence-corrected chi connectivity index (χ3v) is 3.00. The van der Waals surface area contributed by atoms with Crippen LogP contribution in [-0.4, -0.2) is 61.4 Å². The van der Waals surface area contributed by atoms with Gasteiger partial charge in [0.25, 0.3) is 0 Å². The molecule has 0 radical (unpaired) electrons. The van der Waals surface area contributed by atoms with E-state index >= 15 is 0 Å². The van der Waals surface area contributed by atoms with Crippen molar-refractivity contribution in [2.45, 2.75) is 13.3 Å². The lowest BCUT2D eigenvalue weighted by atomic mass is 10.3. The van der Waals surface area contributed by atoms with Gasteiger partial charge in [-0.2, -0.15) is 0 Å². The van der Waals surface area contributed by atoms with Gasteiger partial charge in [0, 0.05) is 51.6 Å². The van der Waals surface area contributed by atoms with Crippen LogP contribution in [0.3, 0.4) is 0 Å². The second-order valence-electron chi connectivity index (χ2n) is 3.84. The molecule has 0 spiro atoms. The lowest BCUT2D eigenvalue weighted by Gasteiger charge is -2.27. The summed E-state index contributed by atoms with van der Waals surface area (Å²) in [6.45, 7) is 3.70. The van der Waals surface area contributed by atoms with Crippen LogP contribution in [0.25, 0.3) is 0 Å². The molecular weight excluding hydrogens is 192 g/mol. The average Bonchev–Trinajstić information content (AvgIpc) is 2.03. The van der Waals surface area contributed by atoms with Gasteiger partial charge in [0.05, 0.1) is 5.82 Å². The first-order valence-corrected chi connectivity index (χ1v) is 6.12. The molecule has 0 aromatic carbocycles. The normalized spacial score (nSPS) is 10.1. The van der Waals surface area contributed by atoms with E-state index < -0.39 is 0 Å². The first-order valence-electron chi connectivity index (χ1n) is 5.12. The molecule has 0 aliphatic carbocycles. The van der Waals surface area contributed by atoms with Gasteiger partial charge < -0.3 is 14.5 Å². The highest BCUT2D eigenvalue weighted by molar-refractivity contribution is 6.21. The highest BCUT2D eigenvalue weighted by Gasteiger charge is 2.06. The van der Waals surface area contributed by atoms with E-state index in [1.54, 1.807) is 0 Å². The summed E-state index contributed by atoms with van der Waals surface area (Å²) in [5.74, 6) is 1.33. The molecule has 0 bridgehead atoms. The molecule has 0 aromatic heterocycles. The van der Waals surface area contributed by atoms with Crippen molar-refractivity contribution in [2.24, 2.45) is 0 Å². The van der Waals surface area contributed by atoms with Crippen LogP contribution < -0.4 is 0 Å². The van der Waals surface area contributed by atoms with Crippen molar-refractivity contribution in [3.63, 3.8) is 0 Å². The first kappa shape index (κ1) is 13.5. The maximum absolute atomic E-state index is 5.36. The van der Waals surface area contributed by atoms with Gasteiger partial charge in [0.15, 0.2) is 0 Å². The van der Waals surface area contributed by atoms with Gasteiger partial charge in [-0.25, -0.2) is 0 Å². The quantitative estimate of drug-likeness (QED) is 0.462. The van der Waals surface area contributed by atoms with Crippen molar-refractivity contribution >= 4 is 10.2 Å². The lowest BCUT2D eigenvalue weighted by Crippen LogP contribution is -2.27. The molecule has 0 heterocycles. The zero-order chi connectivity index (χ0) is 11.1. The standard InChI is InChI=1S/C10H24N2OSi/c1-6-13-8-7-9(14)10(11(2)3)12(4)5/h6-8H2,1-5,14H3. The van der Waals surface area contributed by atoms with E-state index in [-0.39, 0.29) is 0 Å². The van der Waals surface area contributed by atoms with Gasteiger partial charge in [0.2, 0.25) is 0 Å². The molecule has 4 heteroatoms. The van der Waals surface area contributed by atoms with Crippen LogP contribution in [0.5, 0.6) is 0 Å². The topological polar surface area (TPSA) is 15.7 Å². The van der Waals surface area contributed by atoms with Crippen molar-refractivity contribution in [3.05, 3.63) is 11.0 Å². The van der Waals surface area contributed by atoms with Crippen LogP contribution in [0, 0.1) is 0 Å². The minimum atomic E-state index is 0.814. The number of hydrogen-bond donors (Lipinski definition) is 0. The van der Waals surface area contributed by atoms with Crippen molar-refractivity contribution in [1.29, 1.82) is 0 Å². The zero-order valence-corrected chi connectivity index (χ0v) is 12.4. The van der Waals surface area contributed by atoms with Crippen molar-refractivity contribution < 1.29 is 4.74 Å². The molecule has 0 aromatic rings. The monoisotopic (exact) mass is 216 g/mol. The summed E-state index contributed by atoms with van der Waals surface area (Å²) < 4.78 is 5.36. The Hall–Kier alpha value is -0.483. The summed E-state index contributed by atoms with van der Waals surface area (Å²) in [5.41, 5.74) is 0. The fourth-order valence-corrected chi connectivity index (χ4v) is 2.74.